The van der Waals surface area contributed by atoms with E-state index in [1.807, 2.05) is 29.8 Å². The molecule has 1 aliphatic rings. The van der Waals surface area contributed by atoms with Gasteiger partial charge < -0.3 is 19.9 Å². The van der Waals surface area contributed by atoms with Gasteiger partial charge in [-0.3, -0.25) is 4.79 Å². The van der Waals surface area contributed by atoms with Crippen molar-refractivity contribution in [3.05, 3.63) is 42.5 Å². The third-order valence-corrected chi connectivity index (χ3v) is 3.34. The molecule has 0 saturated heterocycles. The van der Waals surface area contributed by atoms with E-state index in [9.17, 15) is 4.79 Å². The second kappa shape index (κ2) is 5.87. The zero-order chi connectivity index (χ0) is 14.7. The summed E-state index contributed by atoms with van der Waals surface area (Å²) in [5, 5.41) is 6.22. The van der Waals surface area contributed by atoms with Crippen molar-refractivity contribution < 1.29 is 9.53 Å². The van der Waals surface area contributed by atoms with Gasteiger partial charge in [0.1, 0.15) is 6.61 Å². The van der Waals surface area contributed by atoms with E-state index in [0.29, 0.717) is 24.5 Å². The average Bonchev–Trinajstić information content (AvgIpc) is 2.99. The fourth-order valence-corrected chi connectivity index (χ4v) is 2.41. The number of carbonyl (C=O) groups excluding carboxylic acids is 1. The molecule has 6 heteroatoms. The molecule has 0 fully saturated rings. The molecule has 2 N–H and O–H groups in total. The first kappa shape index (κ1) is 13.5. The minimum absolute atomic E-state index is 0.000828. The van der Waals surface area contributed by atoms with Crippen LogP contribution in [-0.2, 0) is 6.54 Å². The number of hydrogen-bond donors (Lipinski definition) is 2. The van der Waals surface area contributed by atoms with Crippen molar-refractivity contribution in [2.75, 3.05) is 18.5 Å². The maximum atomic E-state index is 12.4. The number of anilines is 1. The van der Waals surface area contributed by atoms with Gasteiger partial charge in [0, 0.05) is 31.5 Å². The van der Waals surface area contributed by atoms with Crippen LogP contribution in [-0.4, -0.2) is 34.7 Å². The number of ether oxygens (including phenoxy) is 1. The summed E-state index contributed by atoms with van der Waals surface area (Å²) in [6.07, 6.45) is 5.34. The zero-order valence-corrected chi connectivity index (χ0v) is 11.9. The van der Waals surface area contributed by atoms with Crippen LogP contribution in [0.3, 0.4) is 0 Å². The van der Waals surface area contributed by atoms with E-state index in [-0.39, 0.29) is 11.9 Å². The molecule has 0 radical (unpaired) electrons. The number of rotatable bonds is 4. The molecule has 3 rings (SSSR count). The molecule has 1 amide bonds. The van der Waals surface area contributed by atoms with Gasteiger partial charge in [0.15, 0.2) is 5.75 Å². The molecule has 0 saturated carbocycles. The van der Waals surface area contributed by atoms with Crippen LogP contribution >= 0.6 is 0 Å². The number of carbonyl (C=O) groups is 1. The normalized spacial score (nSPS) is 14.5. The molecular weight excluding hydrogens is 268 g/mol. The fourth-order valence-electron chi connectivity index (χ4n) is 2.41. The molecular formula is C15H18N4O2. The Hall–Kier alpha value is -2.50. The molecule has 2 heterocycles. The van der Waals surface area contributed by atoms with Crippen LogP contribution in [0, 0.1) is 0 Å². The summed E-state index contributed by atoms with van der Waals surface area (Å²) >= 11 is 0. The predicted octanol–water partition coefficient (Wildman–Crippen LogP) is 1.51. The zero-order valence-electron chi connectivity index (χ0n) is 11.9. The first-order chi connectivity index (χ1) is 10.2. The second-order valence-corrected chi connectivity index (χ2v) is 5.09. The molecule has 0 spiro atoms. The Morgan fingerprint density at radius 2 is 2.48 bits per heavy atom. The van der Waals surface area contributed by atoms with Crippen molar-refractivity contribution in [1.82, 2.24) is 14.9 Å². The van der Waals surface area contributed by atoms with Crippen LogP contribution in [0.15, 0.2) is 36.9 Å². The Kier molecular flexibility index (Phi) is 3.77. The average molecular weight is 286 g/mol. The molecule has 1 atom stereocenters. The highest BCUT2D eigenvalue weighted by Crippen LogP contribution is 2.31. The van der Waals surface area contributed by atoms with Gasteiger partial charge >= 0.3 is 0 Å². The van der Waals surface area contributed by atoms with Gasteiger partial charge in [-0.15, -0.1) is 0 Å². The molecule has 1 aromatic heterocycles. The number of nitrogens with zero attached hydrogens (tertiary/aromatic N) is 2. The highest BCUT2D eigenvalue weighted by Gasteiger charge is 2.20. The largest absolute Gasteiger partial charge is 0.489 e. The smallest absolute Gasteiger partial charge is 0.255 e. The van der Waals surface area contributed by atoms with E-state index < -0.39 is 0 Å². The number of nitrogens with one attached hydrogen (secondary N) is 2. The van der Waals surface area contributed by atoms with Gasteiger partial charge in [0.05, 0.1) is 17.6 Å². The fraction of sp³-hybridized carbons (Fsp3) is 0.333. The number of hydrogen-bond acceptors (Lipinski definition) is 4. The molecule has 1 aliphatic heterocycles. The number of aromatic nitrogens is 2. The monoisotopic (exact) mass is 286 g/mol. The van der Waals surface area contributed by atoms with E-state index in [4.69, 9.17) is 4.74 Å². The van der Waals surface area contributed by atoms with Crippen LogP contribution in [0.5, 0.6) is 5.75 Å². The number of fused-ring (bicyclic) bond motifs is 1. The molecule has 21 heavy (non-hydrogen) atoms. The van der Waals surface area contributed by atoms with E-state index in [1.54, 1.807) is 18.6 Å². The van der Waals surface area contributed by atoms with E-state index >= 15 is 0 Å². The minimum Gasteiger partial charge on any atom is -0.489 e. The van der Waals surface area contributed by atoms with Gasteiger partial charge in [-0.1, -0.05) is 6.07 Å². The Labute approximate surface area is 123 Å². The lowest BCUT2D eigenvalue weighted by atomic mass is 10.1. The second-order valence-electron chi connectivity index (χ2n) is 5.09. The van der Waals surface area contributed by atoms with Crippen molar-refractivity contribution in [3.8, 4) is 5.75 Å². The van der Waals surface area contributed by atoms with E-state index in [0.717, 1.165) is 12.2 Å². The van der Waals surface area contributed by atoms with Gasteiger partial charge in [0.25, 0.3) is 5.91 Å². The van der Waals surface area contributed by atoms with Crippen molar-refractivity contribution in [2.45, 2.75) is 19.5 Å². The number of benzene rings is 1. The minimum atomic E-state index is -0.122. The summed E-state index contributed by atoms with van der Waals surface area (Å²) in [5.74, 6) is 0.513. The molecule has 1 aromatic carbocycles. The summed E-state index contributed by atoms with van der Waals surface area (Å²) < 4.78 is 7.56. The summed E-state index contributed by atoms with van der Waals surface area (Å²) in [6.45, 7) is 3.98. The summed E-state index contributed by atoms with van der Waals surface area (Å²) in [7, 11) is 0. The lowest BCUT2D eigenvalue weighted by Crippen LogP contribution is -2.36. The first-order valence-electron chi connectivity index (χ1n) is 7.00. The van der Waals surface area contributed by atoms with Crippen LogP contribution in [0.25, 0.3) is 0 Å². The Balaban J connectivity index is 1.70. The Bertz CT molecular complexity index is 625. The first-order valence-corrected chi connectivity index (χ1v) is 7.00. The van der Waals surface area contributed by atoms with Crippen LogP contribution in [0.4, 0.5) is 5.69 Å². The molecule has 110 valence electrons. The van der Waals surface area contributed by atoms with Crippen molar-refractivity contribution in [1.29, 1.82) is 0 Å². The predicted molar refractivity (Wildman–Crippen MR) is 79.6 cm³/mol. The third-order valence-electron chi connectivity index (χ3n) is 3.34. The lowest BCUT2D eigenvalue weighted by Gasteiger charge is -2.22. The number of amides is 1. The van der Waals surface area contributed by atoms with Crippen molar-refractivity contribution in [2.24, 2.45) is 0 Å². The van der Waals surface area contributed by atoms with Crippen LogP contribution in [0.1, 0.15) is 17.3 Å². The quantitative estimate of drug-likeness (QED) is 0.894. The summed E-state index contributed by atoms with van der Waals surface area (Å²) in [6, 6.07) is 5.56. The number of para-hydroxylation sites is 1. The lowest BCUT2D eigenvalue weighted by molar-refractivity contribution is 0.0932. The number of imidazole rings is 1. The molecule has 2 aromatic rings. The van der Waals surface area contributed by atoms with Gasteiger partial charge in [-0.05, 0) is 19.1 Å². The van der Waals surface area contributed by atoms with Crippen molar-refractivity contribution >= 4 is 11.6 Å². The highest BCUT2D eigenvalue weighted by atomic mass is 16.5. The highest BCUT2D eigenvalue weighted by molar-refractivity contribution is 5.99. The van der Waals surface area contributed by atoms with E-state index in [2.05, 4.69) is 15.6 Å². The SMILES string of the molecule is CC(Cn1ccnc1)NC(=O)c1cccc2c1OCCN2. The van der Waals surface area contributed by atoms with Crippen molar-refractivity contribution in [3.63, 3.8) is 0 Å². The van der Waals surface area contributed by atoms with E-state index in [1.165, 1.54) is 0 Å². The Morgan fingerprint density at radius 1 is 1.57 bits per heavy atom. The standard InChI is InChI=1S/C15H18N4O2/c1-11(9-19-7-5-16-10-19)18-15(20)12-3-2-4-13-14(12)21-8-6-17-13/h2-5,7,10-11,17H,6,8-9H2,1H3,(H,18,20). The van der Waals surface area contributed by atoms with Crippen LogP contribution in [0.2, 0.25) is 0 Å². The summed E-state index contributed by atoms with van der Waals surface area (Å²) in [5.41, 5.74) is 1.44. The van der Waals surface area contributed by atoms with Gasteiger partial charge in [0.2, 0.25) is 0 Å². The maximum Gasteiger partial charge on any atom is 0.255 e. The summed E-state index contributed by atoms with van der Waals surface area (Å²) in [4.78, 5) is 16.4. The topological polar surface area (TPSA) is 68.2 Å². The molecule has 1 unspecified atom stereocenters. The molecule has 0 aliphatic carbocycles. The van der Waals surface area contributed by atoms with Gasteiger partial charge in [-0.2, -0.15) is 0 Å². The third kappa shape index (κ3) is 2.99. The molecule has 6 nitrogen and oxygen atoms in total. The maximum absolute atomic E-state index is 12.4. The Morgan fingerprint density at radius 3 is 3.29 bits per heavy atom. The van der Waals surface area contributed by atoms with Gasteiger partial charge in [-0.25, -0.2) is 4.98 Å². The molecule has 0 bridgehead atoms. The van der Waals surface area contributed by atoms with Crippen LogP contribution < -0.4 is 15.4 Å².